The number of nitrogens with one attached hydrogen (secondary N) is 1. The fraction of sp³-hybridized carbons (Fsp3) is 0.316. The number of hydrogen-bond donors (Lipinski definition) is 1. The van der Waals surface area contributed by atoms with Gasteiger partial charge < -0.3 is 0 Å². The normalized spacial score (nSPS) is 17.3. The first-order chi connectivity index (χ1) is 13.7. The highest BCUT2D eigenvalue weighted by molar-refractivity contribution is 7.92. The molecule has 0 aromatic heterocycles. The van der Waals surface area contributed by atoms with Gasteiger partial charge in [-0.3, -0.25) is 4.72 Å². The van der Waals surface area contributed by atoms with Crippen molar-refractivity contribution in [3.8, 4) is 0 Å². The quantitative estimate of drug-likeness (QED) is 0.717. The Morgan fingerprint density at radius 3 is 2.28 bits per heavy atom. The van der Waals surface area contributed by atoms with E-state index in [1.807, 2.05) is 0 Å². The lowest BCUT2D eigenvalue weighted by Gasteiger charge is -2.23. The number of rotatable bonds is 7. The summed E-state index contributed by atoms with van der Waals surface area (Å²) in [5.41, 5.74) is 1.79. The van der Waals surface area contributed by atoms with E-state index < -0.39 is 31.9 Å². The van der Waals surface area contributed by atoms with Crippen molar-refractivity contribution in [3.63, 3.8) is 0 Å². The molecule has 0 saturated carbocycles. The van der Waals surface area contributed by atoms with Gasteiger partial charge in [-0.1, -0.05) is 30.3 Å². The highest BCUT2D eigenvalue weighted by atomic mass is 32.2. The number of hydrogen-bond acceptors (Lipinski definition) is 5. The van der Waals surface area contributed by atoms with Crippen LogP contribution in [0.2, 0.25) is 0 Å². The van der Waals surface area contributed by atoms with E-state index in [9.17, 15) is 21.2 Å². The van der Waals surface area contributed by atoms with E-state index in [4.69, 9.17) is 0 Å². The van der Waals surface area contributed by atoms with E-state index in [0.717, 1.165) is 4.41 Å². The molecule has 29 heavy (non-hydrogen) atoms. The highest BCUT2D eigenvalue weighted by Gasteiger charge is 2.37. The first-order valence-electron chi connectivity index (χ1n) is 9.11. The van der Waals surface area contributed by atoms with Crippen LogP contribution in [0.4, 0.5) is 10.1 Å². The maximum Gasteiger partial charge on any atom is 0.250 e. The van der Waals surface area contributed by atoms with Gasteiger partial charge in [0.15, 0.2) is 0 Å². The van der Waals surface area contributed by atoms with Crippen molar-refractivity contribution >= 4 is 31.4 Å². The molecule has 7 nitrogen and oxygen atoms in total. The fourth-order valence-corrected chi connectivity index (χ4v) is 4.71. The summed E-state index contributed by atoms with van der Waals surface area (Å²) in [5, 5.41) is 4.28. The number of sulfonamides is 2. The summed E-state index contributed by atoms with van der Waals surface area (Å²) < 4.78 is 66.2. The SMILES string of the molecule is CCS(=O)(=O)Nc1ccc(C2=NN(S(=O)(=O)CC)[C@@H](c3ccccc3F)C2)cc1. The van der Waals surface area contributed by atoms with Crippen LogP contribution in [0.1, 0.15) is 37.4 Å². The van der Waals surface area contributed by atoms with Crippen LogP contribution in [-0.2, 0) is 20.0 Å². The van der Waals surface area contributed by atoms with Gasteiger partial charge in [0.1, 0.15) is 5.82 Å². The molecule has 0 radical (unpaired) electrons. The lowest BCUT2D eigenvalue weighted by atomic mass is 9.99. The van der Waals surface area contributed by atoms with Crippen LogP contribution in [0.25, 0.3) is 0 Å². The molecule has 1 N–H and O–H groups in total. The molecule has 3 rings (SSSR count). The van der Waals surface area contributed by atoms with Crippen LogP contribution in [0, 0.1) is 5.82 Å². The van der Waals surface area contributed by atoms with Gasteiger partial charge in [-0.25, -0.2) is 21.2 Å². The lowest BCUT2D eigenvalue weighted by molar-refractivity contribution is 0.363. The molecule has 1 atom stereocenters. The average Bonchev–Trinajstić information content (AvgIpc) is 3.15. The van der Waals surface area contributed by atoms with Crippen molar-refractivity contribution in [1.29, 1.82) is 0 Å². The van der Waals surface area contributed by atoms with E-state index in [1.54, 1.807) is 42.5 Å². The van der Waals surface area contributed by atoms with Crippen LogP contribution in [-0.4, -0.2) is 38.5 Å². The number of nitrogens with zero attached hydrogens (tertiary/aromatic N) is 2. The molecule has 1 aliphatic heterocycles. The van der Waals surface area contributed by atoms with Crippen LogP contribution in [0.3, 0.4) is 0 Å². The molecule has 0 bridgehead atoms. The van der Waals surface area contributed by atoms with E-state index in [-0.39, 0.29) is 23.5 Å². The summed E-state index contributed by atoms with van der Waals surface area (Å²) >= 11 is 0. The van der Waals surface area contributed by atoms with E-state index in [2.05, 4.69) is 9.82 Å². The minimum absolute atomic E-state index is 0.0460. The number of halogens is 1. The topological polar surface area (TPSA) is 95.9 Å². The Labute approximate surface area is 170 Å². The fourth-order valence-electron chi connectivity index (χ4n) is 3.01. The minimum Gasteiger partial charge on any atom is -0.284 e. The third-order valence-corrected chi connectivity index (χ3v) is 7.60. The maximum atomic E-state index is 14.3. The zero-order chi connectivity index (χ0) is 21.2. The summed E-state index contributed by atoms with van der Waals surface area (Å²) in [5.74, 6) is -0.697. The highest BCUT2D eigenvalue weighted by Crippen LogP contribution is 2.36. The standard InChI is InChI=1S/C19H22FN3O4S2/c1-3-28(24,25)22-15-11-9-14(10-12-15)18-13-19(16-7-5-6-8-17(16)20)23(21-18)29(26,27)4-2/h5-12,19,22H,3-4,13H2,1-2H3/t19-/m1/s1. The van der Waals surface area contributed by atoms with E-state index >= 15 is 0 Å². The molecule has 2 aromatic rings. The molecule has 0 amide bonds. The lowest BCUT2D eigenvalue weighted by Crippen LogP contribution is -2.29. The molecule has 0 unspecified atom stereocenters. The molecule has 0 spiro atoms. The predicted octanol–water partition coefficient (Wildman–Crippen LogP) is 3.09. The molecule has 156 valence electrons. The molecule has 10 heteroatoms. The second kappa shape index (κ2) is 8.11. The van der Waals surface area contributed by atoms with Gasteiger partial charge in [0.2, 0.25) is 20.0 Å². The predicted molar refractivity (Wildman–Crippen MR) is 111 cm³/mol. The summed E-state index contributed by atoms with van der Waals surface area (Å²) in [6.07, 6.45) is 0.209. The molecule has 0 fully saturated rings. The molecule has 1 aliphatic rings. The smallest absolute Gasteiger partial charge is 0.250 e. The molecular weight excluding hydrogens is 417 g/mol. The van der Waals surface area contributed by atoms with Gasteiger partial charge in [0, 0.05) is 17.7 Å². The second-order valence-corrected chi connectivity index (χ2v) is 10.7. The van der Waals surface area contributed by atoms with Gasteiger partial charge in [-0.15, -0.1) is 0 Å². The Bertz CT molecular complexity index is 1130. The zero-order valence-electron chi connectivity index (χ0n) is 16.0. The Morgan fingerprint density at radius 2 is 1.69 bits per heavy atom. The van der Waals surface area contributed by atoms with Crippen LogP contribution >= 0.6 is 0 Å². The second-order valence-electron chi connectivity index (χ2n) is 6.54. The van der Waals surface area contributed by atoms with Crippen LogP contribution in [0.5, 0.6) is 0 Å². The van der Waals surface area contributed by atoms with Gasteiger partial charge in [0.25, 0.3) is 0 Å². The van der Waals surface area contributed by atoms with Gasteiger partial charge in [-0.05, 0) is 37.6 Å². The van der Waals surface area contributed by atoms with Crippen molar-refractivity contribution in [3.05, 3.63) is 65.5 Å². The monoisotopic (exact) mass is 439 g/mol. The van der Waals surface area contributed by atoms with Crippen molar-refractivity contribution in [2.75, 3.05) is 16.2 Å². The van der Waals surface area contributed by atoms with E-state index in [1.165, 1.54) is 19.9 Å². The molecule has 0 saturated heterocycles. The molecule has 2 aromatic carbocycles. The van der Waals surface area contributed by atoms with Crippen molar-refractivity contribution in [2.24, 2.45) is 5.10 Å². The van der Waals surface area contributed by atoms with Crippen molar-refractivity contribution in [2.45, 2.75) is 26.3 Å². The van der Waals surface area contributed by atoms with Crippen LogP contribution < -0.4 is 4.72 Å². The Kier molecular flexibility index (Phi) is 5.95. The molecular formula is C19H22FN3O4S2. The Hall–Kier alpha value is -2.46. The van der Waals surface area contributed by atoms with Gasteiger partial charge in [-0.2, -0.15) is 9.52 Å². The Balaban J connectivity index is 1.94. The van der Waals surface area contributed by atoms with Gasteiger partial charge >= 0.3 is 0 Å². The number of benzene rings is 2. The molecule has 0 aliphatic carbocycles. The summed E-state index contributed by atoms with van der Waals surface area (Å²) in [7, 11) is -7.10. The summed E-state index contributed by atoms with van der Waals surface area (Å²) in [6.45, 7) is 3.05. The largest absolute Gasteiger partial charge is 0.284 e. The number of anilines is 1. The third kappa shape index (κ3) is 4.59. The van der Waals surface area contributed by atoms with Crippen molar-refractivity contribution in [1.82, 2.24) is 4.41 Å². The zero-order valence-corrected chi connectivity index (χ0v) is 17.7. The first kappa shape index (κ1) is 21.3. The van der Waals surface area contributed by atoms with E-state index in [0.29, 0.717) is 17.0 Å². The molecule has 1 heterocycles. The van der Waals surface area contributed by atoms with Gasteiger partial charge in [0.05, 0.1) is 23.3 Å². The summed E-state index contributed by atoms with van der Waals surface area (Å²) in [6, 6.07) is 11.8. The number of hydrazone groups is 1. The summed E-state index contributed by atoms with van der Waals surface area (Å²) in [4.78, 5) is 0. The first-order valence-corrected chi connectivity index (χ1v) is 12.4. The maximum absolute atomic E-state index is 14.3. The van der Waals surface area contributed by atoms with Crippen LogP contribution in [0.15, 0.2) is 53.6 Å². The van der Waals surface area contributed by atoms with Crippen molar-refractivity contribution < 1.29 is 21.2 Å². The Morgan fingerprint density at radius 1 is 1.03 bits per heavy atom. The minimum atomic E-state index is -3.70. The third-order valence-electron chi connectivity index (χ3n) is 4.66. The average molecular weight is 440 g/mol.